The highest BCUT2D eigenvalue weighted by Crippen LogP contribution is 2.25. The SMILES string of the molecule is CCOc1cc(N2CCC(CBr)CC2)nc(C)n1. The van der Waals surface area contributed by atoms with Crippen LogP contribution in [0.15, 0.2) is 6.07 Å². The average Bonchev–Trinajstić information content (AvgIpc) is 2.38. The summed E-state index contributed by atoms with van der Waals surface area (Å²) < 4.78 is 5.48. The summed E-state index contributed by atoms with van der Waals surface area (Å²) in [6, 6.07) is 1.95. The highest BCUT2D eigenvalue weighted by atomic mass is 79.9. The summed E-state index contributed by atoms with van der Waals surface area (Å²) in [6.45, 7) is 6.66. The maximum Gasteiger partial charge on any atom is 0.218 e. The number of hydrogen-bond acceptors (Lipinski definition) is 4. The molecular formula is C13H20BrN3O. The van der Waals surface area contributed by atoms with Gasteiger partial charge in [0.25, 0.3) is 0 Å². The molecule has 0 saturated carbocycles. The van der Waals surface area contributed by atoms with Crippen LogP contribution in [0.25, 0.3) is 0 Å². The van der Waals surface area contributed by atoms with Crippen LogP contribution in [0.4, 0.5) is 5.82 Å². The van der Waals surface area contributed by atoms with Crippen molar-refractivity contribution in [2.45, 2.75) is 26.7 Å². The standard InChI is InChI=1S/C13H20BrN3O/c1-3-18-13-8-12(15-10(2)16-13)17-6-4-11(9-14)5-7-17/h8,11H,3-7,9H2,1-2H3. The van der Waals surface area contributed by atoms with Crippen molar-refractivity contribution in [1.82, 2.24) is 9.97 Å². The first-order chi connectivity index (χ1) is 8.72. The van der Waals surface area contributed by atoms with Gasteiger partial charge in [-0.3, -0.25) is 0 Å². The number of aryl methyl sites for hydroxylation is 1. The van der Waals surface area contributed by atoms with E-state index < -0.39 is 0 Å². The van der Waals surface area contributed by atoms with Gasteiger partial charge in [-0.25, -0.2) is 4.98 Å². The third kappa shape index (κ3) is 3.34. The smallest absolute Gasteiger partial charge is 0.218 e. The van der Waals surface area contributed by atoms with Crippen molar-refractivity contribution in [2.24, 2.45) is 5.92 Å². The molecule has 1 aliphatic rings. The molecule has 0 aliphatic carbocycles. The van der Waals surface area contributed by atoms with Crippen LogP contribution in [0.2, 0.25) is 0 Å². The topological polar surface area (TPSA) is 38.2 Å². The lowest BCUT2D eigenvalue weighted by molar-refractivity contribution is 0.325. The molecule has 0 N–H and O–H groups in total. The first-order valence-corrected chi connectivity index (χ1v) is 7.64. The maximum absolute atomic E-state index is 5.48. The van der Waals surface area contributed by atoms with E-state index in [0.29, 0.717) is 12.5 Å². The van der Waals surface area contributed by atoms with Gasteiger partial charge in [-0.2, -0.15) is 4.98 Å². The van der Waals surface area contributed by atoms with Crippen LogP contribution in [0.3, 0.4) is 0 Å². The highest BCUT2D eigenvalue weighted by Gasteiger charge is 2.20. The third-order valence-corrected chi connectivity index (χ3v) is 4.17. The summed E-state index contributed by atoms with van der Waals surface area (Å²) in [5.74, 6) is 3.26. The molecule has 1 fully saturated rings. The number of anilines is 1. The lowest BCUT2D eigenvalue weighted by Gasteiger charge is -2.32. The number of alkyl halides is 1. The largest absolute Gasteiger partial charge is 0.478 e. The van der Waals surface area contributed by atoms with Gasteiger partial charge in [0, 0.05) is 24.5 Å². The molecule has 18 heavy (non-hydrogen) atoms. The molecule has 0 radical (unpaired) electrons. The van der Waals surface area contributed by atoms with Gasteiger partial charge >= 0.3 is 0 Å². The monoisotopic (exact) mass is 313 g/mol. The van der Waals surface area contributed by atoms with Gasteiger partial charge in [0.1, 0.15) is 11.6 Å². The Balaban J connectivity index is 2.08. The van der Waals surface area contributed by atoms with E-state index in [1.54, 1.807) is 0 Å². The van der Waals surface area contributed by atoms with Crippen molar-refractivity contribution in [2.75, 3.05) is 29.9 Å². The van der Waals surface area contributed by atoms with E-state index in [4.69, 9.17) is 4.74 Å². The van der Waals surface area contributed by atoms with Crippen LogP contribution in [0.5, 0.6) is 5.88 Å². The van der Waals surface area contributed by atoms with E-state index in [1.807, 2.05) is 19.9 Å². The van der Waals surface area contributed by atoms with Crippen LogP contribution >= 0.6 is 15.9 Å². The van der Waals surface area contributed by atoms with Crippen molar-refractivity contribution in [1.29, 1.82) is 0 Å². The van der Waals surface area contributed by atoms with E-state index in [2.05, 4.69) is 30.8 Å². The Morgan fingerprint density at radius 2 is 2.11 bits per heavy atom. The third-order valence-electron chi connectivity index (χ3n) is 3.25. The molecule has 1 aromatic rings. The first kappa shape index (κ1) is 13.6. The van der Waals surface area contributed by atoms with Crippen molar-refractivity contribution in [3.8, 4) is 5.88 Å². The molecule has 1 aliphatic heterocycles. The normalized spacial score (nSPS) is 16.9. The summed E-state index contributed by atoms with van der Waals surface area (Å²) in [5.41, 5.74) is 0. The summed E-state index contributed by atoms with van der Waals surface area (Å²) in [5, 5.41) is 1.10. The number of halogens is 1. The Kier molecular flexibility index (Phi) is 4.80. The van der Waals surface area contributed by atoms with Crippen LogP contribution in [0.1, 0.15) is 25.6 Å². The molecule has 0 spiro atoms. The van der Waals surface area contributed by atoms with Gasteiger partial charge in [-0.15, -0.1) is 0 Å². The Morgan fingerprint density at radius 1 is 1.39 bits per heavy atom. The first-order valence-electron chi connectivity index (χ1n) is 6.52. The molecule has 0 aromatic carbocycles. The minimum Gasteiger partial charge on any atom is -0.478 e. The van der Waals surface area contributed by atoms with E-state index in [1.165, 1.54) is 12.8 Å². The Hall–Kier alpha value is -0.840. The molecule has 0 bridgehead atoms. The zero-order valence-electron chi connectivity index (χ0n) is 11.0. The number of aromatic nitrogens is 2. The number of rotatable bonds is 4. The Morgan fingerprint density at radius 3 is 2.72 bits per heavy atom. The van der Waals surface area contributed by atoms with Gasteiger partial charge < -0.3 is 9.64 Å². The molecule has 0 amide bonds. The highest BCUT2D eigenvalue weighted by molar-refractivity contribution is 9.09. The molecule has 100 valence electrons. The summed E-state index contributed by atoms with van der Waals surface area (Å²) in [6.07, 6.45) is 2.44. The summed E-state index contributed by atoms with van der Waals surface area (Å²) >= 11 is 3.57. The molecule has 1 saturated heterocycles. The van der Waals surface area contributed by atoms with E-state index in [-0.39, 0.29) is 0 Å². The minimum atomic E-state index is 0.640. The van der Waals surface area contributed by atoms with Crippen LogP contribution < -0.4 is 9.64 Å². The van der Waals surface area contributed by atoms with E-state index >= 15 is 0 Å². The Bertz CT molecular complexity index is 392. The van der Waals surface area contributed by atoms with Crippen molar-refractivity contribution >= 4 is 21.7 Å². The summed E-state index contributed by atoms with van der Waals surface area (Å²) in [4.78, 5) is 11.1. The van der Waals surface area contributed by atoms with Crippen molar-refractivity contribution < 1.29 is 4.74 Å². The fraction of sp³-hybridized carbons (Fsp3) is 0.692. The molecule has 1 aromatic heterocycles. The number of hydrogen-bond donors (Lipinski definition) is 0. The Labute approximate surface area is 117 Å². The number of ether oxygens (including phenoxy) is 1. The van der Waals surface area contributed by atoms with Gasteiger partial charge in [-0.1, -0.05) is 15.9 Å². The molecule has 5 heteroatoms. The fourth-order valence-corrected chi connectivity index (χ4v) is 2.87. The van der Waals surface area contributed by atoms with Gasteiger partial charge in [0.05, 0.1) is 6.61 Å². The molecule has 0 unspecified atom stereocenters. The second kappa shape index (κ2) is 6.36. The lowest BCUT2D eigenvalue weighted by atomic mass is 9.99. The van der Waals surface area contributed by atoms with E-state index in [9.17, 15) is 0 Å². The second-order valence-electron chi connectivity index (χ2n) is 4.63. The predicted octanol–water partition coefficient (Wildman–Crippen LogP) is 2.80. The average molecular weight is 314 g/mol. The fourth-order valence-electron chi connectivity index (χ4n) is 2.23. The van der Waals surface area contributed by atoms with Gasteiger partial charge in [0.15, 0.2) is 0 Å². The molecule has 4 nitrogen and oxygen atoms in total. The maximum atomic E-state index is 5.48. The van der Waals surface area contributed by atoms with Crippen molar-refractivity contribution in [3.63, 3.8) is 0 Å². The molecule has 0 atom stereocenters. The zero-order valence-corrected chi connectivity index (χ0v) is 12.6. The van der Waals surface area contributed by atoms with Crippen LogP contribution in [-0.2, 0) is 0 Å². The van der Waals surface area contributed by atoms with Crippen LogP contribution in [0, 0.1) is 12.8 Å². The zero-order chi connectivity index (χ0) is 13.0. The van der Waals surface area contributed by atoms with E-state index in [0.717, 1.165) is 36.0 Å². The van der Waals surface area contributed by atoms with Gasteiger partial charge in [0.2, 0.25) is 5.88 Å². The predicted molar refractivity (Wildman–Crippen MR) is 76.7 cm³/mol. The van der Waals surface area contributed by atoms with Crippen LogP contribution in [-0.4, -0.2) is 35.0 Å². The van der Waals surface area contributed by atoms with Gasteiger partial charge in [-0.05, 0) is 32.6 Å². The molecule has 2 rings (SSSR count). The molecular weight excluding hydrogens is 294 g/mol. The number of nitrogens with zero attached hydrogens (tertiary/aromatic N) is 3. The number of piperidine rings is 1. The lowest BCUT2D eigenvalue weighted by Crippen LogP contribution is -2.34. The summed E-state index contributed by atoms with van der Waals surface area (Å²) in [7, 11) is 0. The molecule has 2 heterocycles. The quantitative estimate of drug-likeness (QED) is 0.801. The second-order valence-corrected chi connectivity index (χ2v) is 5.28. The van der Waals surface area contributed by atoms with Crippen molar-refractivity contribution in [3.05, 3.63) is 11.9 Å². The minimum absolute atomic E-state index is 0.640.